The summed E-state index contributed by atoms with van der Waals surface area (Å²) < 4.78 is 0. The zero-order valence-electron chi connectivity index (χ0n) is 10.7. The molecule has 0 saturated carbocycles. The van der Waals surface area contributed by atoms with Crippen molar-refractivity contribution in [2.24, 2.45) is 5.10 Å². The van der Waals surface area contributed by atoms with E-state index < -0.39 is 10.8 Å². The molecular weight excluding hydrogens is 294 g/mol. The molecule has 1 amide bonds. The number of halogens is 1. The van der Waals surface area contributed by atoms with E-state index in [0.717, 1.165) is 0 Å². The minimum atomic E-state index is -0.496. The van der Waals surface area contributed by atoms with Crippen LogP contribution in [0.4, 0.5) is 5.69 Å². The molecule has 0 saturated heterocycles. The highest BCUT2D eigenvalue weighted by atomic mass is 35.5. The monoisotopic (exact) mass is 303 g/mol. The van der Waals surface area contributed by atoms with Crippen molar-refractivity contribution < 1.29 is 9.72 Å². The average Bonchev–Trinajstić information content (AvgIpc) is 2.48. The van der Waals surface area contributed by atoms with Gasteiger partial charge in [0.15, 0.2) is 0 Å². The second kappa shape index (κ2) is 6.62. The highest BCUT2D eigenvalue weighted by Gasteiger charge is 2.05. The van der Waals surface area contributed by atoms with Gasteiger partial charge in [-0.25, -0.2) is 5.43 Å². The average molecular weight is 304 g/mol. The van der Waals surface area contributed by atoms with E-state index in [1.807, 2.05) is 0 Å². The Hall–Kier alpha value is -2.73. The van der Waals surface area contributed by atoms with Gasteiger partial charge in [0.25, 0.3) is 11.6 Å². The standard InChI is InChI=1S/C14H10ClN3O3/c15-12-6-4-11(5-7-12)14(19)17-16-9-10-2-1-3-13(8-10)18(20)21/h1-9H,(H,17,19)/b16-9+. The molecule has 6 nitrogen and oxygen atoms in total. The van der Waals surface area contributed by atoms with Gasteiger partial charge in [0.1, 0.15) is 0 Å². The molecule has 0 heterocycles. The van der Waals surface area contributed by atoms with Crippen LogP contribution in [0.15, 0.2) is 53.6 Å². The van der Waals surface area contributed by atoms with E-state index in [2.05, 4.69) is 10.5 Å². The molecule has 2 rings (SSSR count). The first-order valence-corrected chi connectivity index (χ1v) is 6.27. The molecule has 106 valence electrons. The van der Waals surface area contributed by atoms with Crippen molar-refractivity contribution in [3.8, 4) is 0 Å². The fourth-order valence-corrected chi connectivity index (χ4v) is 1.68. The lowest BCUT2D eigenvalue weighted by Gasteiger charge is -1.99. The Morgan fingerprint density at radius 2 is 1.95 bits per heavy atom. The molecular formula is C14H10ClN3O3. The highest BCUT2D eigenvalue weighted by Crippen LogP contribution is 2.11. The molecule has 0 fully saturated rings. The van der Waals surface area contributed by atoms with Crippen molar-refractivity contribution in [1.29, 1.82) is 0 Å². The number of nitrogens with zero attached hydrogens (tertiary/aromatic N) is 2. The molecule has 0 bridgehead atoms. The summed E-state index contributed by atoms with van der Waals surface area (Å²) in [6.45, 7) is 0. The van der Waals surface area contributed by atoms with Crippen molar-refractivity contribution in [3.05, 3.63) is 74.8 Å². The Balaban J connectivity index is 2.02. The highest BCUT2D eigenvalue weighted by molar-refractivity contribution is 6.30. The number of non-ortho nitro benzene ring substituents is 1. The number of nitrogens with one attached hydrogen (secondary N) is 1. The lowest BCUT2D eigenvalue weighted by atomic mass is 10.2. The maximum absolute atomic E-state index is 11.7. The normalized spacial score (nSPS) is 10.5. The molecule has 0 atom stereocenters. The van der Waals surface area contributed by atoms with Crippen molar-refractivity contribution >= 4 is 29.4 Å². The summed E-state index contributed by atoms with van der Waals surface area (Å²) in [4.78, 5) is 21.9. The van der Waals surface area contributed by atoms with Crippen molar-refractivity contribution in [1.82, 2.24) is 5.43 Å². The van der Waals surface area contributed by atoms with E-state index >= 15 is 0 Å². The summed E-state index contributed by atoms with van der Waals surface area (Å²) in [6.07, 6.45) is 1.33. The number of amides is 1. The summed E-state index contributed by atoms with van der Waals surface area (Å²) in [5.74, 6) is -0.395. The first-order chi connectivity index (χ1) is 10.1. The molecule has 0 aliphatic heterocycles. The number of hydrogen-bond donors (Lipinski definition) is 1. The number of nitro groups is 1. The number of hydrogen-bond acceptors (Lipinski definition) is 4. The van der Waals surface area contributed by atoms with E-state index in [1.165, 1.54) is 18.3 Å². The molecule has 21 heavy (non-hydrogen) atoms. The first kappa shape index (κ1) is 14.7. The Labute approximate surface area is 125 Å². The fourth-order valence-electron chi connectivity index (χ4n) is 1.55. The van der Waals surface area contributed by atoms with Gasteiger partial charge in [-0.05, 0) is 24.3 Å². The van der Waals surface area contributed by atoms with Crippen LogP contribution >= 0.6 is 11.6 Å². The molecule has 0 spiro atoms. The van der Waals surface area contributed by atoms with Gasteiger partial charge in [-0.3, -0.25) is 14.9 Å². The van der Waals surface area contributed by atoms with Crippen molar-refractivity contribution in [2.45, 2.75) is 0 Å². The number of nitro benzene ring substituents is 1. The lowest BCUT2D eigenvalue weighted by Crippen LogP contribution is -2.17. The zero-order chi connectivity index (χ0) is 15.2. The van der Waals surface area contributed by atoms with E-state index in [-0.39, 0.29) is 5.69 Å². The van der Waals surface area contributed by atoms with Crippen molar-refractivity contribution in [2.75, 3.05) is 0 Å². The summed E-state index contributed by atoms with van der Waals surface area (Å²) in [6, 6.07) is 12.3. The molecule has 0 aliphatic carbocycles. The van der Waals surface area contributed by atoms with Gasteiger partial charge in [0.05, 0.1) is 11.1 Å². The second-order valence-corrected chi connectivity index (χ2v) is 4.49. The molecule has 0 unspecified atom stereocenters. The van der Waals surface area contributed by atoms with E-state index in [1.54, 1.807) is 36.4 Å². The van der Waals surface area contributed by atoms with Gasteiger partial charge in [0, 0.05) is 28.3 Å². The third kappa shape index (κ3) is 4.12. The van der Waals surface area contributed by atoms with Crippen LogP contribution in [0.25, 0.3) is 0 Å². The van der Waals surface area contributed by atoms with Crippen LogP contribution in [0.5, 0.6) is 0 Å². The number of benzene rings is 2. The molecule has 2 aromatic carbocycles. The number of hydrazone groups is 1. The van der Waals surface area contributed by atoms with Gasteiger partial charge in [-0.15, -0.1) is 0 Å². The smallest absolute Gasteiger partial charge is 0.267 e. The summed E-state index contributed by atoms with van der Waals surface area (Å²) in [5.41, 5.74) is 3.22. The Kier molecular flexibility index (Phi) is 4.63. The largest absolute Gasteiger partial charge is 0.271 e. The van der Waals surface area contributed by atoms with Crippen LogP contribution in [0, 0.1) is 10.1 Å². The van der Waals surface area contributed by atoms with E-state index in [0.29, 0.717) is 16.1 Å². The van der Waals surface area contributed by atoms with Gasteiger partial charge in [-0.1, -0.05) is 23.7 Å². The zero-order valence-corrected chi connectivity index (χ0v) is 11.4. The molecule has 7 heteroatoms. The number of carbonyl (C=O) groups is 1. The second-order valence-electron chi connectivity index (χ2n) is 4.06. The molecule has 2 aromatic rings. The molecule has 0 aliphatic rings. The maximum atomic E-state index is 11.7. The SMILES string of the molecule is O=C(N/N=C/c1cccc([N+](=O)[O-])c1)c1ccc(Cl)cc1. The fraction of sp³-hybridized carbons (Fsp3) is 0. The quantitative estimate of drug-likeness (QED) is 0.535. The van der Waals surface area contributed by atoms with Gasteiger partial charge in [0.2, 0.25) is 0 Å². The molecule has 0 aromatic heterocycles. The van der Waals surface area contributed by atoms with Gasteiger partial charge in [-0.2, -0.15) is 5.10 Å². The third-order valence-electron chi connectivity index (χ3n) is 2.57. The Morgan fingerprint density at radius 3 is 2.62 bits per heavy atom. The van der Waals surface area contributed by atoms with E-state index in [9.17, 15) is 14.9 Å². The summed E-state index contributed by atoms with van der Waals surface area (Å²) in [7, 11) is 0. The van der Waals surface area contributed by atoms with Gasteiger partial charge >= 0.3 is 0 Å². The predicted molar refractivity (Wildman–Crippen MR) is 79.6 cm³/mol. The Bertz CT molecular complexity index is 699. The minimum absolute atomic E-state index is 0.0389. The predicted octanol–water partition coefficient (Wildman–Crippen LogP) is 3.01. The van der Waals surface area contributed by atoms with Crippen LogP contribution in [-0.2, 0) is 0 Å². The summed E-state index contributed by atoms with van der Waals surface area (Å²) >= 11 is 5.72. The third-order valence-corrected chi connectivity index (χ3v) is 2.82. The number of carbonyl (C=O) groups excluding carboxylic acids is 1. The Morgan fingerprint density at radius 1 is 1.24 bits per heavy atom. The van der Waals surface area contributed by atoms with E-state index in [4.69, 9.17) is 11.6 Å². The molecule has 0 radical (unpaired) electrons. The van der Waals surface area contributed by atoms with Gasteiger partial charge < -0.3 is 0 Å². The van der Waals surface area contributed by atoms with Crippen LogP contribution in [0.2, 0.25) is 5.02 Å². The molecule has 1 N–H and O–H groups in total. The first-order valence-electron chi connectivity index (χ1n) is 5.90. The summed E-state index contributed by atoms with van der Waals surface area (Å²) in [5, 5.41) is 14.9. The van der Waals surface area contributed by atoms with Crippen LogP contribution in [0.3, 0.4) is 0 Å². The maximum Gasteiger partial charge on any atom is 0.271 e. The van der Waals surface area contributed by atoms with Crippen LogP contribution in [0.1, 0.15) is 15.9 Å². The lowest BCUT2D eigenvalue weighted by molar-refractivity contribution is -0.384. The number of rotatable bonds is 4. The minimum Gasteiger partial charge on any atom is -0.267 e. The van der Waals surface area contributed by atoms with Crippen LogP contribution < -0.4 is 5.43 Å². The topological polar surface area (TPSA) is 84.6 Å². The van der Waals surface area contributed by atoms with Crippen molar-refractivity contribution in [3.63, 3.8) is 0 Å². The van der Waals surface area contributed by atoms with Crippen LogP contribution in [-0.4, -0.2) is 17.0 Å².